The van der Waals surface area contributed by atoms with Gasteiger partial charge in [0.25, 0.3) is 0 Å². The lowest BCUT2D eigenvalue weighted by Gasteiger charge is -2.06. The van der Waals surface area contributed by atoms with Crippen LogP contribution in [0, 0.1) is 0 Å². The molecule has 5 nitrogen and oxygen atoms in total. The van der Waals surface area contributed by atoms with Gasteiger partial charge in [-0.2, -0.15) is 0 Å². The Balaban J connectivity index is 1.80. The standard InChI is InChI=1S/C12H15N3O2S/c1-16-5-6-17-11-3-2-10(8-15-11)14-9-12-13-4-7-18-12/h2-4,7-8,14H,5-6,9H2,1H3. The van der Waals surface area contributed by atoms with Gasteiger partial charge in [0.2, 0.25) is 5.88 Å². The third-order valence-electron chi connectivity index (χ3n) is 2.20. The fraction of sp³-hybridized carbons (Fsp3) is 0.333. The SMILES string of the molecule is COCCOc1ccc(NCc2nccs2)cn1. The molecule has 0 saturated heterocycles. The van der Waals surface area contributed by atoms with Crippen LogP contribution in [0.25, 0.3) is 0 Å². The Labute approximate surface area is 110 Å². The van der Waals surface area contributed by atoms with Crippen LogP contribution in [0.2, 0.25) is 0 Å². The topological polar surface area (TPSA) is 56.3 Å². The number of pyridine rings is 1. The van der Waals surface area contributed by atoms with E-state index in [9.17, 15) is 0 Å². The molecule has 96 valence electrons. The van der Waals surface area contributed by atoms with Crippen LogP contribution in [0.1, 0.15) is 5.01 Å². The molecule has 0 saturated carbocycles. The lowest BCUT2D eigenvalue weighted by atomic mass is 10.4. The molecule has 0 bridgehead atoms. The van der Waals surface area contributed by atoms with E-state index in [1.54, 1.807) is 30.8 Å². The van der Waals surface area contributed by atoms with Crippen molar-refractivity contribution in [3.8, 4) is 5.88 Å². The van der Waals surface area contributed by atoms with E-state index in [0.717, 1.165) is 10.7 Å². The number of ether oxygens (including phenoxy) is 2. The zero-order chi connectivity index (χ0) is 12.6. The van der Waals surface area contributed by atoms with E-state index in [-0.39, 0.29) is 0 Å². The van der Waals surface area contributed by atoms with E-state index >= 15 is 0 Å². The van der Waals surface area contributed by atoms with Gasteiger partial charge in [-0.15, -0.1) is 11.3 Å². The minimum Gasteiger partial charge on any atom is -0.475 e. The van der Waals surface area contributed by atoms with Crippen LogP contribution in [-0.4, -0.2) is 30.3 Å². The summed E-state index contributed by atoms with van der Waals surface area (Å²) < 4.78 is 10.3. The maximum atomic E-state index is 5.38. The maximum Gasteiger partial charge on any atom is 0.213 e. The van der Waals surface area contributed by atoms with Gasteiger partial charge in [0.15, 0.2) is 0 Å². The van der Waals surface area contributed by atoms with Gasteiger partial charge in [0.05, 0.1) is 25.0 Å². The van der Waals surface area contributed by atoms with Gasteiger partial charge in [-0.25, -0.2) is 9.97 Å². The van der Waals surface area contributed by atoms with Crippen molar-refractivity contribution in [1.82, 2.24) is 9.97 Å². The van der Waals surface area contributed by atoms with Gasteiger partial charge >= 0.3 is 0 Å². The Morgan fingerprint density at radius 1 is 1.28 bits per heavy atom. The molecule has 18 heavy (non-hydrogen) atoms. The molecule has 0 aliphatic carbocycles. The molecule has 2 rings (SSSR count). The molecule has 0 amide bonds. The predicted octanol–water partition coefficient (Wildman–Crippen LogP) is 2.18. The summed E-state index contributed by atoms with van der Waals surface area (Å²) in [6.45, 7) is 1.78. The first-order valence-electron chi connectivity index (χ1n) is 5.58. The van der Waals surface area contributed by atoms with Crippen LogP contribution in [0.4, 0.5) is 5.69 Å². The van der Waals surface area contributed by atoms with Crippen molar-refractivity contribution in [2.24, 2.45) is 0 Å². The molecule has 0 radical (unpaired) electrons. The Morgan fingerprint density at radius 3 is 2.89 bits per heavy atom. The van der Waals surface area contributed by atoms with Gasteiger partial charge in [0, 0.05) is 24.8 Å². The average Bonchev–Trinajstić information content (AvgIpc) is 2.91. The minimum absolute atomic E-state index is 0.509. The van der Waals surface area contributed by atoms with Crippen molar-refractivity contribution >= 4 is 17.0 Å². The molecule has 0 atom stereocenters. The highest BCUT2D eigenvalue weighted by Crippen LogP contribution is 2.13. The largest absolute Gasteiger partial charge is 0.475 e. The van der Waals surface area contributed by atoms with Crippen molar-refractivity contribution in [3.05, 3.63) is 34.9 Å². The van der Waals surface area contributed by atoms with E-state index < -0.39 is 0 Å². The number of hydrogen-bond donors (Lipinski definition) is 1. The van der Waals surface area contributed by atoms with Crippen molar-refractivity contribution in [2.75, 3.05) is 25.6 Å². The highest BCUT2D eigenvalue weighted by molar-refractivity contribution is 7.09. The molecule has 1 N–H and O–H groups in total. The first kappa shape index (κ1) is 12.8. The van der Waals surface area contributed by atoms with Gasteiger partial charge in [-0.1, -0.05) is 0 Å². The van der Waals surface area contributed by atoms with E-state index in [1.165, 1.54) is 0 Å². The first-order valence-corrected chi connectivity index (χ1v) is 6.46. The molecule has 0 unspecified atom stereocenters. The molecule has 2 aromatic heterocycles. The summed E-state index contributed by atoms with van der Waals surface area (Å²) >= 11 is 1.63. The van der Waals surface area contributed by atoms with Crippen LogP contribution < -0.4 is 10.1 Å². The van der Waals surface area contributed by atoms with Gasteiger partial charge in [-0.05, 0) is 6.07 Å². The highest BCUT2D eigenvalue weighted by atomic mass is 32.1. The van der Waals surface area contributed by atoms with Crippen LogP contribution >= 0.6 is 11.3 Å². The fourth-order valence-corrected chi connectivity index (χ4v) is 1.87. The quantitative estimate of drug-likeness (QED) is 0.778. The van der Waals surface area contributed by atoms with E-state index in [2.05, 4.69) is 15.3 Å². The zero-order valence-electron chi connectivity index (χ0n) is 10.1. The number of aromatic nitrogens is 2. The van der Waals surface area contributed by atoms with Crippen LogP contribution in [0.3, 0.4) is 0 Å². The third-order valence-corrected chi connectivity index (χ3v) is 2.98. The second kappa shape index (κ2) is 6.93. The van der Waals surface area contributed by atoms with Crippen molar-refractivity contribution in [2.45, 2.75) is 6.54 Å². The summed E-state index contributed by atoms with van der Waals surface area (Å²) in [6, 6.07) is 3.77. The monoisotopic (exact) mass is 265 g/mol. The Kier molecular flexibility index (Phi) is 4.92. The third kappa shape index (κ3) is 3.97. The number of methoxy groups -OCH3 is 1. The average molecular weight is 265 g/mol. The van der Waals surface area contributed by atoms with Crippen LogP contribution in [-0.2, 0) is 11.3 Å². The summed E-state index contributed by atoms with van der Waals surface area (Å²) in [5.74, 6) is 0.604. The van der Waals surface area contributed by atoms with Crippen molar-refractivity contribution < 1.29 is 9.47 Å². The maximum absolute atomic E-state index is 5.38. The lowest BCUT2D eigenvalue weighted by molar-refractivity contribution is 0.144. The fourth-order valence-electron chi connectivity index (χ4n) is 1.32. The summed E-state index contributed by atoms with van der Waals surface area (Å²) in [5, 5.41) is 6.26. The lowest BCUT2D eigenvalue weighted by Crippen LogP contribution is -2.05. The molecule has 0 aliphatic heterocycles. The Bertz CT molecular complexity index is 445. The van der Waals surface area contributed by atoms with Crippen molar-refractivity contribution in [1.29, 1.82) is 0 Å². The first-order chi connectivity index (χ1) is 8.88. The second-order valence-electron chi connectivity index (χ2n) is 3.51. The predicted molar refractivity (Wildman–Crippen MR) is 71.0 cm³/mol. The summed E-state index contributed by atoms with van der Waals surface area (Å²) in [6.07, 6.45) is 3.54. The number of anilines is 1. The number of nitrogens with one attached hydrogen (secondary N) is 1. The minimum atomic E-state index is 0.509. The Morgan fingerprint density at radius 2 is 2.22 bits per heavy atom. The number of thiazole rings is 1. The molecule has 0 aromatic carbocycles. The summed E-state index contributed by atoms with van der Waals surface area (Å²) in [7, 11) is 1.64. The smallest absolute Gasteiger partial charge is 0.213 e. The molecular weight excluding hydrogens is 250 g/mol. The van der Waals surface area contributed by atoms with Crippen molar-refractivity contribution in [3.63, 3.8) is 0 Å². The van der Waals surface area contributed by atoms with E-state index in [1.807, 2.05) is 17.5 Å². The van der Waals surface area contributed by atoms with E-state index in [0.29, 0.717) is 25.6 Å². The molecule has 0 spiro atoms. The molecule has 0 fully saturated rings. The molecule has 0 aliphatic rings. The second-order valence-corrected chi connectivity index (χ2v) is 4.48. The highest BCUT2D eigenvalue weighted by Gasteiger charge is 1.98. The Hall–Kier alpha value is -1.66. The van der Waals surface area contributed by atoms with Crippen LogP contribution in [0.5, 0.6) is 5.88 Å². The number of hydrogen-bond acceptors (Lipinski definition) is 6. The summed E-state index contributed by atoms with van der Waals surface area (Å²) in [4.78, 5) is 8.39. The molecule has 6 heteroatoms. The normalized spacial score (nSPS) is 10.3. The van der Waals surface area contributed by atoms with Gasteiger partial charge in [-0.3, -0.25) is 0 Å². The molecule has 2 heterocycles. The molecule has 2 aromatic rings. The number of rotatable bonds is 7. The van der Waals surface area contributed by atoms with E-state index in [4.69, 9.17) is 9.47 Å². The van der Waals surface area contributed by atoms with Crippen LogP contribution in [0.15, 0.2) is 29.9 Å². The van der Waals surface area contributed by atoms with Gasteiger partial charge in [0.1, 0.15) is 11.6 Å². The summed E-state index contributed by atoms with van der Waals surface area (Å²) in [5.41, 5.74) is 0.948. The molecular formula is C12H15N3O2S. The zero-order valence-corrected chi connectivity index (χ0v) is 10.9. The van der Waals surface area contributed by atoms with Gasteiger partial charge < -0.3 is 14.8 Å². The number of nitrogens with zero attached hydrogens (tertiary/aromatic N) is 2.